The number of ketones is 1. The smallest absolute Gasteiger partial charge is 0.222 e. The standard InChI is InChI=1S/C24H30N2O3/c1-19-6-3-4-7-20(19)8-5-9-24(28)26-16-14-25(15-17-26)18-23(27)21-10-12-22(29-2)13-11-21/h3-4,6-7,10-13H,5,8-9,14-18H2,1-2H3. The third-order valence-corrected chi connectivity index (χ3v) is 5.60. The number of rotatable bonds is 8. The van der Waals surface area contributed by atoms with E-state index in [1.54, 1.807) is 31.4 Å². The Morgan fingerprint density at radius 3 is 2.31 bits per heavy atom. The number of benzene rings is 2. The van der Waals surface area contributed by atoms with Crippen molar-refractivity contribution < 1.29 is 14.3 Å². The first-order chi connectivity index (χ1) is 14.1. The van der Waals surface area contributed by atoms with Gasteiger partial charge in [0.15, 0.2) is 5.78 Å². The number of piperazine rings is 1. The van der Waals surface area contributed by atoms with Crippen molar-refractivity contribution in [2.75, 3.05) is 39.8 Å². The molecule has 5 heteroatoms. The van der Waals surface area contributed by atoms with Gasteiger partial charge in [0.25, 0.3) is 0 Å². The Morgan fingerprint density at radius 1 is 0.966 bits per heavy atom. The number of ether oxygens (including phenoxy) is 1. The van der Waals surface area contributed by atoms with Gasteiger partial charge in [0.05, 0.1) is 13.7 Å². The highest BCUT2D eigenvalue weighted by Crippen LogP contribution is 2.14. The van der Waals surface area contributed by atoms with Gasteiger partial charge in [0.1, 0.15) is 5.75 Å². The van der Waals surface area contributed by atoms with Gasteiger partial charge in [-0.05, 0) is 55.2 Å². The largest absolute Gasteiger partial charge is 0.497 e. The number of hydrogen-bond donors (Lipinski definition) is 0. The molecule has 0 aliphatic carbocycles. The zero-order chi connectivity index (χ0) is 20.6. The van der Waals surface area contributed by atoms with E-state index < -0.39 is 0 Å². The van der Waals surface area contributed by atoms with Crippen molar-refractivity contribution in [1.82, 2.24) is 9.80 Å². The van der Waals surface area contributed by atoms with Crippen molar-refractivity contribution in [1.29, 1.82) is 0 Å². The zero-order valence-electron chi connectivity index (χ0n) is 17.4. The molecule has 0 saturated carbocycles. The lowest BCUT2D eigenvalue weighted by Crippen LogP contribution is -2.49. The molecule has 1 aliphatic heterocycles. The van der Waals surface area contributed by atoms with Crippen LogP contribution in [-0.2, 0) is 11.2 Å². The van der Waals surface area contributed by atoms with Gasteiger partial charge in [-0.3, -0.25) is 14.5 Å². The highest BCUT2D eigenvalue weighted by Gasteiger charge is 2.22. The molecule has 154 valence electrons. The van der Waals surface area contributed by atoms with Crippen LogP contribution < -0.4 is 4.74 Å². The molecule has 0 N–H and O–H groups in total. The Labute approximate surface area is 173 Å². The van der Waals surface area contributed by atoms with Crippen molar-refractivity contribution in [2.24, 2.45) is 0 Å². The SMILES string of the molecule is COc1ccc(C(=O)CN2CCN(C(=O)CCCc3ccccc3C)CC2)cc1. The summed E-state index contributed by atoms with van der Waals surface area (Å²) in [5.41, 5.74) is 3.30. The number of carbonyl (C=O) groups excluding carboxylic acids is 2. The molecule has 1 aliphatic rings. The summed E-state index contributed by atoms with van der Waals surface area (Å²) in [7, 11) is 1.61. The van der Waals surface area contributed by atoms with Gasteiger partial charge in [-0.2, -0.15) is 0 Å². The van der Waals surface area contributed by atoms with Crippen LogP contribution in [0.4, 0.5) is 0 Å². The molecular weight excluding hydrogens is 364 g/mol. The Balaban J connectivity index is 1.39. The van der Waals surface area contributed by atoms with Crippen LogP contribution in [0.1, 0.15) is 34.3 Å². The van der Waals surface area contributed by atoms with E-state index >= 15 is 0 Å². The van der Waals surface area contributed by atoms with E-state index in [0.717, 1.165) is 31.7 Å². The molecule has 0 radical (unpaired) electrons. The van der Waals surface area contributed by atoms with Gasteiger partial charge < -0.3 is 9.64 Å². The van der Waals surface area contributed by atoms with Crippen LogP contribution in [-0.4, -0.2) is 61.3 Å². The molecule has 2 aromatic rings. The zero-order valence-corrected chi connectivity index (χ0v) is 17.4. The maximum atomic E-state index is 12.5. The molecule has 0 atom stereocenters. The molecule has 0 aromatic heterocycles. The number of hydrogen-bond acceptors (Lipinski definition) is 4. The number of amides is 1. The summed E-state index contributed by atoms with van der Waals surface area (Å²) in [4.78, 5) is 29.0. The van der Waals surface area contributed by atoms with E-state index in [-0.39, 0.29) is 11.7 Å². The molecule has 5 nitrogen and oxygen atoms in total. The molecule has 1 fully saturated rings. The highest BCUT2D eigenvalue weighted by atomic mass is 16.5. The van der Waals surface area contributed by atoms with Crippen LogP contribution in [0.3, 0.4) is 0 Å². The van der Waals surface area contributed by atoms with Crippen LogP contribution in [0, 0.1) is 6.92 Å². The monoisotopic (exact) mass is 394 g/mol. The number of aryl methyl sites for hydroxylation is 2. The van der Waals surface area contributed by atoms with Crippen molar-refractivity contribution in [2.45, 2.75) is 26.2 Å². The minimum atomic E-state index is 0.102. The fourth-order valence-electron chi connectivity index (χ4n) is 3.71. The van der Waals surface area contributed by atoms with Crippen LogP contribution in [0.5, 0.6) is 5.75 Å². The van der Waals surface area contributed by atoms with Crippen molar-refractivity contribution >= 4 is 11.7 Å². The van der Waals surface area contributed by atoms with Crippen LogP contribution in [0.25, 0.3) is 0 Å². The fraction of sp³-hybridized carbons (Fsp3) is 0.417. The second kappa shape index (κ2) is 10.2. The summed E-state index contributed by atoms with van der Waals surface area (Å²) in [6.07, 6.45) is 2.40. The first kappa shape index (κ1) is 21.1. The number of carbonyl (C=O) groups is 2. The summed E-state index contributed by atoms with van der Waals surface area (Å²) in [6.45, 7) is 5.38. The molecule has 1 amide bonds. The molecule has 29 heavy (non-hydrogen) atoms. The Bertz CT molecular complexity index is 824. The van der Waals surface area contributed by atoms with E-state index in [0.29, 0.717) is 31.6 Å². The van der Waals surface area contributed by atoms with Gasteiger partial charge in [-0.1, -0.05) is 24.3 Å². The molecule has 0 unspecified atom stereocenters. The van der Waals surface area contributed by atoms with Gasteiger partial charge in [-0.25, -0.2) is 0 Å². The molecule has 1 heterocycles. The van der Waals surface area contributed by atoms with Gasteiger partial charge >= 0.3 is 0 Å². The third-order valence-electron chi connectivity index (χ3n) is 5.60. The summed E-state index contributed by atoms with van der Waals surface area (Å²) in [5.74, 6) is 1.07. The van der Waals surface area contributed by atoms with E-state index in [1.165, 1.54) is 11.1 Å². The van der Waals surface area contributed by atoms with Gasteiger partial charge in [0, 0.05) is 38.2 Å². The van der Waals surface area contributed by atoms with Crippen LogP contribution in [0.15, 0.2) is 48.5 Å². The average molecular weight is 395 g/mol. The Kier molecular flexibility index (Phi) is 7.42. The van der Waals surface area contributed by atoms with Crippen molar-refractivity contribution in [3.8, 4) is 5.75 Å². The van der Waals surface area contributed by atoms with E-state index in [1.807, 2.05) is 11.0 Å². The first-order valence-corrected chi connectivity index (χ1v) is 10.3. The maximum absolute atomic E-state index is 12.5. The van der Waals surface area contributed by atoms with E-state index in [2.05, 4.69) is 30.0 Å². The normalized spacial score (nSPS) is 14.6. The number of nitrogens with zero attached hydrogens (tertiary/aromatic N) is 2. The highest BCUT2D eigenvalue weighted by molar-refractivity contribution is 5.97. The number of methoxy groups -OCH3 is 1. The van der Waals surface area contributed by atoms with E-state index in [9.17, 15) is 9.59 Å². The summed E-state index contributed by atoms with van der Waals surface area (Å²) in [5, 5.41) is 0. The molecule has 0 spiro atoms. The topological polar surface area (TPSA) is 49.9 Å². The minimum absolute atomic E-state index is 0.102. The molecular formula is C24H30N2O3. The second-order valence-corrected chi connectivity index (χ2v) is 7.59. The van der Waals surface area contributed by atoms with Crippen molar-refractivity contribution in [3.05, 3.63) is 65.2 Å². The minimum Gasteiger partial charge on any atom is -0.497 e. The predicted octanol–water partition coefficient (Wildman–Crippen LogP) is 3.35. The summed E-state index contributed by atoms with van der Waals surface area (Å²) < 4.78 is 5.13. The van der Waals surface area contributed by atoms with E-state index in [4.69, 9.17) is 4.74 Å². The summed E-state index contributed by atoms with van der Waals surface area (Å²) >= 11 is 0. The second-order valence-electron chi connectivity index (χ2n) is 7.59. The lowest BCUT2D eigenvalue weighted by Gasteiger charge is -2.34. The number of Topliss-reactive ketones (excluding diaryl/α,β-unsaturated/α-hetero) is 1. The summed E-state index contributed by atoms with van der Waals surface area (Å²) in [6, 6.07) is 15.6. The Hall–Kier alpha value is -2.66. The average Bonchev–Trinajstić information content (AvgIpc) is 2.75. The van der Waals surface area contributed by atoms with Crippen molar-refractivity contribution in [3.63, 3.8) is 0 Å². The molecule has 3 rings (SSSR count). The Morgan fingerprint density at radius 2 is 1.66 bits per heavy atom. The molecule has 1 saturated heterocycles. The fourth-order valence-corrected chi connectivity index (χ4v) is 3.71. The van der Waals surface area contributed by atoms with Gasteiger partial charge in [0.2, 0.25) is 5.91 Å². The van der Waals surface area contributed by atoms with Gasteiger partial charge in [-0.15, -0.1) is 0 Å². The first-order valence-electron chi connectivity index (χ1n) is 10.3. The maximum Gasteiger partial charge on any atom is 0.222 e. The van der Waals surface area contributed by atoms with Crippen LogP contribution in [0.2, 0.25) is 0 Å². The lowest BCUT2D eigenvalue weighted by atomic mass is 10.0. The predicted molar refractivity (Wildman–Crippen MR) is 114 cm³/mol. The molecule has 0 bridgehead atoms. The quantitative estimate of drug-likeness (QED) is 0.645. The third kappa shape index (κ3) is 5.91. The lowest BCUT2D eigenvalue weighted by molar-refractivity contribution is -0.132. The molecule has 2 aromatic carbocycles. The van der Waals surface area contributed by atoms with Crippen LogP contribution >= 0.6 is 0 Å².